The van der Waals surface area contributed by atoms with Gasteiger partial charge in [0.1, 0.15) is 0 Å². The van der Waals surface area contributed by atoms with Crippen molar-refractivity contribution in [2.75, 3.05) is 31.6 Å². The SMILES string of the molecule is CC1CN(c2ccnc(CNC(C)(C)C)c2)CCN1C. The minimum Gasteiger partial charge on any atom is -0.369 e. The van der Waals surface area contributed by atoms with Gasteiger partial charge in [-0.1, -0.05) is 0 Å². The number of likely N-dealkylation sites (N-methyl/N-ethyl adjacent to an activating group) is 1. The number of rotatable bonds is 3. The average molecular weight is 276 g/mol. The van der Waals surface area contributed by atoms with E-state index < -0.39 is 0 Å². The molecule has 0 spiro atoms. The fourth-order valence-electron chi connectivity index (χ4n) is 2.40. The van der Waals surface area contributed by atoms with Crippen LogP contribution in [0.1, 0.15) is 33.4 Å². The molecule has 0 bridgehead atoms. The monoisotopic (exact) mass is 276 g/mol. The van der Waals surface area contributed by atoms with E-state index in [1.807, 2.05) is 6.20 Å². The molecule has 20 heavy (non-hydrogen) atoms. The Bertz CT molecular complexity index is 438. The summed E-state index contributed by atoms with van der Waals surface area (Å²) in [6.45, 7) is 13.0. The molecule has 4 heteroatoms. The molecule has 1 aliphatic heterocycles. The van der Waals surface area contributed by atoms with Crippen molar-refractivity contribution in [3.05, 3.63) is 24.0 Å². The lowest BCUT2D eigenvalue weighted by atomic mass is 10.1. The van der Waals surface area contributed by atoms with E-state index in [9.17, 15) is 0 Å². The first kappa shape index (κ1) is 15.3. The van der Waals surface area contributed by atoms with Gasteiger partial charge in [-0.05, 0) is 46.9 Å². The van der Waals surface area contributed by atoms with Gasteiger partial charge in [-0.25, -0.2) is 0 Å². The van der Waals surface area contributed by atoms with Gasteiger partial charge in [0.25, 0.3) is 0 Å². The molecule has 1 fully saturated rings. The first-order valence-corrected chi connectivity index (χ1v) is 7.50. The van der Waals surface area contributed by atoms with Crippen molar-refractivity contribution < 1.29 is 0 Å². The average Bonchev–Trinajstić information content (AvgIpc) is 2.39. The van der Waals surface area contributed by atoms with Gasteiger partial charge in [-0.3, -0.25) is 4.98 Å². The zero-order valence-electron chi connectivity index (χ0n) is 13.5. The van der Waals surface area contributed by atoms with E-state index in [1.54, 1.807) is 0 Å². The molecule has 1 aromatic rings. The Balaban J connectivity index is 2.02. The normalized spacial score (nSPS) is 21.2. The molecular weight excluding hydrogens is 248 g/mol. The first-order valence-electron chi connectivity index (χ1n) is 7.50. The van der Waals surface area contributed by atoms with Gasteiger partial charge in [-0.15, -0.1) is 0 Å². The Morgan fingerprint density at radius 1 is 1.35 bits per heavy atom. The fourth-order valence-corrected chi connectivity index (χ4v) is 2.40. The van der Waals surface area contributed by atoms with Gasteiger partial charge in [0.2, 0.25) is 0 Å². The zero-order valence-corrected chi connectivity index (χ0v) is 13.5. The summed E-state index contributed by atoms with van der Waals surface area (Å²) in [6, 6.07) is 4.95. The predicted octanol–water partition coefficient (Wildman–Crippen LogP) is 2.11. The summed E-state index contributed by atoms with van der Waals surface area (Å²) in [5, 5.41) is 3.49. The summed E-state index contributed by atoms with van der Waals surface area (Å²) < 4.78 is 0. The first-order chi connectivity index (χ1) is 9.35. The minimum absolute atomic E-state index is 0.125. The van der Waals surface area contributed by atoms with Crippen LogP contribution in [0.25, 0.3) is 0 Å². The molecule has 1 unspecified atom stereocenters. The molecule has 2 rings (SSSR count). The molecule has 0 saturated carbocycles. The Kier molecular flexibility index (Phi) is 4.66. The van der Waals surface area contributed by atoms with Crippen LogP contribution in [0.5, 0.6) is 0 Å². The van der Waals surface area contributed by atoms with Gasteiger partial charge in [0.05, 0.1) is 5.69 Å². The third kappa shape index (κ3) is 4.18. The maximum Gasteiger partial charge on any atom is 0.0562 e. The molecule has 1 aromatic heterocycles. The van der Waals surface area contributed by atoms with Crippen LogP contribution in [0.4, 0.5) is 5.69 Å². The lowest BCUT2D eigenvalue weighted by Crippen LogP contribution is -2.50. The second-order valence-corrected chi connectivity index (χ2v) is 6.88. The molecule has 0 amide bonds. The number of nitrogens with one attached hydrogen (secondary N) is 1. The number of nitrogens with zero attached hydrogens (tertiary/aromatic N) is 3. The van der Waals surface area contributed by atoms with E-state index in [2.05, 4.69) is 67.0 Å². The smallest absolute Gasteiger partial charge is 0.0562 e. The Morgan fingerprint density at radius 3 is 2.75 bits per heavy atom. The van der Waals surface area contributed by atoms with Crippen molar-refractivity contribution in [1.82, 2.24) is 15.2 Å². The van der Waals surface area contributed by atoms with Crippen molar-refractivity contribution in [2.45, 2.75) is 45.8 Å². The highest BCUT2D eigenvalue weighted by atomic mass is 15.3. The number of hydrogen-bond acceptors (Lipinski definition) is 4. The largest absolute Gasteiger partial charge is 0.369 e. The molecule has 0 aromatic carbocycles. The molecule has 1 aliphatic rings. The number of anilines is 1. The van der Waals surface area contributed by atoms with Crippen LogP contribution in [0, 0.1) is 0 Å². The van der Waals surface area contributed by atoms with Crippen LogP contribution in [-0.4, -0.2) is 48.1 Å². The van der Waals surface area contributed by atoms with Crippen LogP contribution < -0.4 is 10.2 Å². The van der Waals surface area contributed by atoms with Crippen molar-refractivity contribution in [3.8, 4) is 0 Å². The summed E-state index contributed by atoms with van der Waals surface area (Å²) in [5.41, 5.74) is 2.54. The van der Waals surface area contributed by atoms with Crippen molar-refractivity contribution in [1.29, 1.82) is 0 Å². The molecule has 0 aliphatic carbocycles. The van der Waals surface area contributed by atoms with Gasteiger partial charge >= 0.3 is 0 Å². The number of aromatic nitrogens is 1. The number of hydrogen-bond donors (Lipinski definition) is 1. The van der Waals surface area contributed by atoms with Crippen LogP contribution in [0.15, 0.2) is 18.3 Å². The molecule has 4 nitrogen and oxygen atoms in total. The Hall–Kier alpha value is -1.13. The van der Waals surface area contributed by atoms with Crippen molar-refractivity contribution in [2.24, 2.45) is 0 Å². The number of piperazine rings is 1. The molecule has 1 atom stereocenters. The van der Waals surface area contributed by atoms with E-state index in [0.717, 1.165) is 31.9 Å². The topological polar surface area (TPSA) is 31.4 Å². The minimum atomic E-state index is 0.125. The van der Waals surface area contributed by atoms with Crippen LogP contribution >= 0.6 is 0 Å². The molecule has 1 N–H and O–H groups in total. The Morgan fingerprint density at radius 2 is 2.10 bits per heavy atom. The van der Waals surface area contributed by atoms with Crippen LogP contribution in [-0.2, 0) is 6.54 Å². The molecular formula is C16H28N4. The number of pyridine rings is 1. The van der Waals surface area contributed by atoms with Gasteiger partial charge in [-0.2, -0.15) is 0 Å². The van der Waals surface area contributed by atoms with Crippen molar-refractivity contribution in [3.63, 3.8) is 0 Å². The third-order valence-electron chi connectivity index (χ3n) is 3.92. The third-order valence-corrected chi connectivity index (χ3v) is 3.92. The fraction of sp³-hybridized carbons (Fsp3) is 0.688. The highest BCUT2D eigenvalue weighted by molar-refractivity contribution is 5.47. The van der Waals surface area contributed by atoms with E-state index in [0.29, 0.717) is 6.04 Å². The summed E-state index contributed by atoms with van der Waals surface area (Å²) in [6.07, 6.45) is 1.93. The highest BCUT2D eigenvalue weighted by Gasteiger charge is 2.21. The highest BCUT2D eigenvalue weighted by Crippen LogP contribution is 2.19. The quantitative estimate of drug-likeness (QED) is 0.916. The molecule has 2 heterocycles. The van der Waals surface area contributed by atoms with Gasteiger partial charge < -0.3 is 15.1 Å². The van der Waals surface area contributed by atoms with E-state index >= 15 is 0 Å². The van der Waals surface area contributed by atoms with Crippen LogP contribution in [0.3, 0.4) is 0 Å². The van der Waals surface area contributed by atoms with E-state index in [-0.39, 0.29) is 5.54 Å². The van der Waals surface area contributed by atoms with Gasteiger partial charge in [0.15, 0.2) is 0 Å². The summed E-state index contributed by atoms with van der Waals surface area (Å²) >= 11 is 0. The van der Waals surface area contributed by atoms with E-state index in [4.69, 9.17) is 0 Å². The zero-order chi connectivity index (χ0) is 14.8. The second kappa shape index (κ2) is 6.10. The predicted molar refractivity (Wildman–Crippen MR) is 85.1 cm³/mol. The van der Waals surface area contributed by atoms with Crippen LogP contribution in [0.2, 0.25) is 0 Å². The lowest BCUT2D eigenvalue weighted by Gasteiger charge is -2.39. The summed E-state index contributed by atoms with van der Waals surface area (Å²) in [4.78, 5) is 9.35. The Labute approximate surface area is 123 Å². The lowest BCUT2D eigenvalue weighted by molar-refractivity contribution is 0.234. The molecule has 112 valence electrons. The second-order valence-electron chi connectivity index (χ2n) is 6.88. The molecule has 1 saturated heterocycles. The van der Waals surface area contributed by atoms with Gasteiger partial charge in [0, 0.05) is 49.6 Å². The molecule has 0 radical (unpaired) electrons. The maximum absolute atomic E-state index is 4.47. The standard InChI is InChI=1S/C16H28N4/c1-13-12-20(9-8-19(13)5)15-6-7-17-14(10-15)11-18-16(2,3)4/h6-7,10,13,18H,8-9,11-12H2,1-5H3. The summed E-state index contributed by atoms with van der Waals surface area (Å²) in [5.74, 6) is 0. The van der Waals surface area contributed by atoms with Crippen molar-refractivity contribution >= 4 is 5.69 Å². The van der Waals surface area contributed by atoms with E-state index in [1.165, 1.54) is 5.69 Å². The summed E-state index contributed by atoms with van der Waals surface area (Å²) in [7, 11) is 2.20. The maximum atomic E-state index is 4.47.